The van der Waals surface area contributed by atoms with Crippen LogP contribution in [-0.4, -0.2) is 25.8 Å². The number of hydrogen-bond acceptors (Lipinski definition) is 4. The number of rotatable bonds is 4. The van der Waals surface area contributed by atoms with Crippen molar-refractivity contribution >= 4 is 29.0 Å². The summed E-state index contributed by atoms with van der Waals surface area (Å²) in [5.74, 6) is -0.270. The average molecular weight is 380 g/mol. The van der Waals surface area contributed by atoms with E-state index in [9.17, 15) is 18.0 Å². The van der Waals surface area contributed by atoms with Crippen molar-refractivity contribution in [1.29, 1.82) is 0 Å². The van der Waals surface area contributed by atoms with E-state index in [2.05, 4.69) is 15.5 Å². The monoisotopic (exact) mass is 380 g/mol. The van der Waals surface area contributed by atoms with Gasteiger partial charge in [0.15, 0.2) is 10.8 Å². The van der Waals surface area contributed by atoms with E-state index < -0.39 is 17.0 Å². The van der Waals surface area contributed by atoms with Gasteiger partial charge in [-0.3, -0.25) is 9.20 Å². The highest BCUT2D eigenvalue weighted by molar-refractivity contribution is 8.00. The van der Waals surface area contributed by atoms with Gasteiger partial charge in [-0.15, -0.1) is 10.2 Å². The topological polar surface area (TPSA) is 59.3 Å². The molecule has 1 atom stereocenters. The quantitative estimate of drug-likeness (QED) is 0.690. The average Bonchev–Trinajstić information content (AvgIpc) is 2.98. The van der Waals surface area contributed by atoms with Crippen molar-refractivity contribution in [1.82, 2.24) is 14.6 Å². The van der Waals surface area contributed by atoms with Crippen LogP contribution in [0.25, 0.3) is 5.65 Å². The summed E-state index contributed by atoms with van der Waals surface area (Å²) in [6.45, 7) is 3.53. The highest BCUT2D eigenvalue weighted by Crippen LogP contribution is 2.31. The third-order valence-electron chi connectivity index (χ3n) is 3.75. The van der Waals surface area contributed by atoms with Gasteiger partial charge in [-0.2, -0.15) is 13.2 Å². The summed E-state index contributed by atoms with van der Waals surface area (Å²) in [6, 6.07) is 9.53. The van der Waals surface area contributed by atoms with Crippen molar-refractivity contribution in [2.24, 2.45) is 0 Å². The summed E-state index contributed by atoms with van der Waals surface area (Å²) in [6.07, 6.45) is -3.53. The van der Waals surface area contributed by atoms with E-state index >= 15 is 0 Å². The van der Waals surface area contributed by atoms with Crippen LogP contribution in [0, 0.1) is 6.92 Å². The first kappa shape index (κ1) is 18.2. The third kappa shape index (κ3) is 3.82. The predicted octanol–water partition coefficient (Wildman–Crippen LogP) is 4.18. The van der Waals surface area contributed by atoms with E-state index in [1.165, 1.54) is 10.5 Å². The number of amides is 1. The lowest BCUT2D eigenvalue weighted by Crippen LogP contribution is -2.23. The summed E-state index contributed by atoms with van der Waals surface area (Å²) < 4.78 is 39.9. The Morgan fingerprint density at radius 3 is 2.62 bits per heavy atom. The first-order chi connectivity index (χ1) is 12.3. The van der Waals surface area contributed by atoms with Crippen LogP contribution < -0.4 is 5.32 Å². The van der Waals surface area contributed by atoms with E-state index in [1.54, 1.807) is 13.0 Å². The number of hydrogen-bond donors (Lipinski definition) is 1. The minimum Gasteiger partial charge on any atom is -0.325 e. The molecule has 1 amide bonds. The molecular weight excluding hydrogens is 365 g/mol. The number of nitrogens with zero attached hydrogens (tertiary/aromatic N) is 3. The number of benzene rings is 1. The molecule has 2 aromatic heterocycles. The van der Waals surface area contributed by atoms with Gasteiger partial charge in [0.2, 0.25) is 5.91 Å². The zero-order valence-electron chi connectivity index (χ0n) is 13.9. The van der Waals surface area contributed by atoms with E-state index in [4.69, 9.17) is 0 Å². The standard InChI is InChI=1S/C17H15F3N4OS/c1-10-5-3-4-6-13(10)21-15(25)11(2)26-16-23-22-14-8-7-12(9-24(14)16)17(18,19)20/h3-9,11H,1-2H3,(H,21,25). The number of aromatic nitrogens is 3. The fourth-order valence-corrected chi connectivity index (χ4v) is 3.11. The predicted molar refractivity (Wildman–Crippen MR) is 93.1 cm³/mol. The zero-order chi connectivity index (χ0) is 18.9. The van der Waals surface area contributed by atoms with Crippen molar-refractivity contribution in [3.05, 3.63) is 53.7 Å². The normalized spacial score (nSPS) is 13.0. The van der Waals surface area contributed by atoms with Gasteiger partial charge in [-0.25, -0.2) is 0 Å². The second-order valence-electron chi connectivity index (χ2n) is 5.69. The minimum atomic E-state index is -4.46. The molecule has 3 aromatic rings. The number of fused-ring (bicyclic) bond motifs is 1. The molecule has 0 aliphatic heterocycles. The molecule has 0 bridgehead atoms. The SMILES string of the molecule is Cc1ccccc1NC(=O)C(C)Sc1nnc2ccc(C(F)(F)F)cn12. The molecule has 1 unspecified atom stereocenters. The Balaban J connectivity index is 1.79. The number of aryl methyl sites for hydroxylation is 1. The van der Waals surface area contributed by atoms with Gasteiger partial charge >= 0.3 is 6.18 Å². The van der Waals surface area contributed by atoms with Crippen molar-refractivity contribution in [3.63, 3.8) is 0 Å². The largest absolute Gasteiger partial charge is 0.417 e. The molecule has 26 heavy (non-hydrogen) atoms. The molecule has 1 aromatic carbocycles. The molecule has 9 heteroatoms. The number of alkyl halides is 3. The Hall–Kier alpha value is -2.55. The molecule has 3 rings (SSSR count). The summed E-state index contributed by atoms with van der Waals surface area (Å²) in [5.41, 5.74) is 1.09. The highest BCUT2D eigenvalue weighted by Gasteiger charge is 2.31. The molecule has 136 valence electrons. The van der Waals surface area contributed by atoms with Crippen molar-refractivity contribution < 1.29 is 18.0 Å². The maximum atomic E-state index is 12.9. The van der Waals surface area contributed by atoms with Crippen LogP contribution in [0.3, 0.4) is 0 Å². The van der Waals surface area contributed by atoms with Crippen LogP contribution in [-0.2, 0) is 11.0 Å². The van der Waals surface area contributed by atoms with Gasteiger partial charge in [0.25, 0.3) is 0 Å². The number of thioether (sulfide) groups is 1. The van der Waals surface area contributed by atoms with Gasteiger partial charge in [0.1, 0.15) is 0 Å². The molecule has 0 spiro atoms. The molecule has 0 aliphatic carbocycles. The summed E-state index contributed by atoms with van der Waals surface area (Å²) >= 11 is 1.04. The van der Waals surface area contributed by atoms with E-state index in [0.717, 1.165) is 29.6 Å². The van der Waals surface area contributed by atoms with Crippen molar-refractivity contribution in [3.8, 4) is 0 Å². The summed E-state index contributed by atoms with van der Waals surface area (Å²) in [7, 11) is 0. The number of anilines is 1. The van der Waals surface area contributed by atoms with Crippen LogP contribution in [0.1, 0.15) is 18.1 Å². The Kier molecular flexibility index (Phi) is 4.90. The Bertz CT molecular complexity index is 955. The first-order valence-corrected chi connectivity index (χ1v) is 8.59. The van der Waals surface area contributed by atoms with Crippen LogP contribution in [0.5, 0.6) is 0 Å². The molecule has 0 fully saturated rings. The molecule has 0 radical (unpaired) electrons. The van der Waals surface area contributed by atoms with Gasteiger partial charge in [-0.1, -0.05) is 30.0 Å². The number of pyridine rings is 1. The van der Waals surface area contributed by atoms with E-state index in [-0.39, 0.29) is 16.7 Å². The van der Waals surface area contributed by atoms with Gasteiger partial charge in [0, 0.05) is 11.9 Å². The summed E-state index contributed by atoms with van der Waals surface area (Å²) in [4.78, 5) is 12.4. The van der Waals surface area contributed by atoms with Crippen LogP contribution >= 0.6 is 11.8 Å². The molecule has 0 saturated heterocycles. The Morgan fingerprint density at radius 1 is 1.19 bits per heavy atom. The maximum absolute atomic E-state index is 12.9. The number of halogens is 3. The molecule has 1 N–H and O–H groups in total. The fraction of sp³-hybridized carbons (Fsp3) is 0.235. The van der Waals surface area contributed by atoms with E-state index in [1.807, 2.05) is 25.1 Å². The van der Waals surface area contributed by atoms with Crippen molar-refractivity contribution in [2.75, 3.05) is 5.32 Å². The number of para-hydroxylation sites is 1. The fourth-order valence-electron chi connectivity index (χ4n) is 2.28. The van der Waals surface area contributed by atoms with Gasteiger partial charge < -0.3 is 5.32 Å². The third-order valence-corrected chi connectivity index (χ3v) is 4.81. The number of carbonyl (C=O) groups excluding carboxylic acids is 1. The maximum Gasteiger partial charge on any atom is 0.417 e. The molecule has 5 nitrogen and oxygen atoms in total. The van der Waals surface area contributed by atoms with Gasteiger partial charge in [0.05, 0.1) is 10.8 Å². The van der Waals surface area contributed by atoms with Gasteiger partial charge in [-0.05, 0) is 37.6 Å². The Labute approximate surface area is 151 Å². The van der Waals surface area contributed by atoms with Crippen molar-refractivity contribution in [2.45, 2.75) is 30.4 Å². The lowest BCUT2D eigenvalue weighted by Gasteiger charge is -2.13. The summed E-state index contributed by atoms with van der Waals surface area (Å²) in [5, 5.41) is 10.2. The molecular formula is C17H15F3N4OS. The molecule has 2 heterocycles. The number of carbonyl (C=O) groups is 1. The van der Waals surface area contributed by atoms with E-state index in [0.29, 0.717) is 5.69 Å². The molecule has 0 aliphatic rings. The Morgan fingerprint density at radius 2 is 1.92 bits per heavy atom. The smallest absolute Gasteiger partial charge is 0.325 e. The minimum absolute atomic E-state index is 0.221. The van der Waals surface area contributed by atoms with Crippen LogP contribution in [0.2, 0.25) is 0 Å². The first-order valence-electron chi connectivity index (χ1n) is 7.71. The highest BCUT2D eigenvalue weighted by atomic mass is 32.2. The lowest BCUT2D eigenvalue weighted by molar-refractivity contribution is -0.137. The second kappa shape index (κ2) is 6.99. The molecule has 0 saturated carbocycles. The number of nitrogens with one attached hydrogen (secondary N) is 1. The second-order valence-corrected chi connectivity index (χ2v) is 7.00. The zero-order valence-corrected chi connectivity index (χ0v) is 14.7. The van der Waals surface area contributed by atoms with Crippen LogP contribution in [0.4, 0.5) is 18.9 Å². The lowest BCUT2D eigenvalue weighted by atomic mass is 10.2. The van der Waals surface area contributed by atoms with Crippen LogP contribution in [0.15, 0.2) is 47.8 Å².